The average molecular weight is 462 g/mol. The molecule has 4 heterocycles. The molecular weight excluding hydrogens is 444 g/mol. The highest BCUT2D eigenvalue weighted by Crippen LogP contribution is 2.47. The highest BCUT2D eigenvalue weighted by molar-refractivity contribution is 6.13. The fourth-order valence-electron chi connectivity index (χ4n) is 4.81. The first-order valence-electron chi connectivity index (χ1n) is 11.2. The number of carbonyl (C=O) groups excluding carboxylic acids is 2. The number of ether oxygens (including phenoxy) is 2. The SMILES string of the molecule is O=C(NC1C(=O)N(c2ccccc2)c2cc3c(cc21)OCO3)c1cc2c(cn1)[nH]c1ccccc12. The largest absolute Gasteiger partial charge is 0.454 e. The summed E-state index contributed by atoms with van der Waals surface area (Å²) in [6, 6.07) is 21.6. The Morgan fingerprint density at radius 3 is 2.57 bits per heavy atom. The third kappa shape index (κ3) is 2.96. The van der Waals surface area contributed by atoms with Crippen LogP contribution in [-0.2, 0) is 4.79 Å². The van der Waals surface area contributed by atoms with Crippen molar-refractivity contribution in [1.29, 1.82) is 0 Å². The van der Waals surface area contributed by atoms with Crippen molar-refractivity contribution in [3.05, 3.63) is 90.3 Å². The zero-order valence-electron chi connectivity index (χ0n) is 18.3. The number of aromatic amines is 1. The smallest absolute Gasteiger partial charge is 0.270 e. The summed E-state index contributed by atoms with van der Waals surface area (Å²) >= 11 is 0. The molecule has 8 nitrogen and oxygen atoms in total. The maximum atomic E-state index is 13.6. The minimum absolute atomic E-state index is 0.114. The number of fused-ring (bicyclic) bond motifs is 5. The summed E-state index contributed by atoms with van der Waals surface area (Å²) in [6.45, 7) is 0.114. The van der Waals surface area contributed by atoms with Crippen molar-refractivity contribution < 1.29 is 19.1 Å². The number of aromatic nitrogens is 2. The van der Waals surface area contributed by atoms with Gasteiger partial charge in [-0.25, -0.2) is 4.98 Å². The number of hydrogen-bond acceptors (Lipinski definition) is 5. The number of carbonyl (C=O) groups is 2. The molecule has 0 aliphatic carbocycles. The van der Waals surface area contributed by atoms with Gasteiger partial charge in [-0.3, -0.25) is 14.5 Å². The van der Waals surface area contributed by atoms with Crippen LogP contribution in [0.2, 0.25) is 0 Å². The standard InChI is InChI=1S/C27H18N4O4/c32-26(20-10-17-16-8-4-5-9-19(16)29-21(17)13-28-20)30-25-18-11-23-24(35-14-34-23)12-22(18)31(27(25)33)15-6-2-1-3-7-15/h1-13,25,29H,14H2,(H,30,32). The number of H-pyrrole nitrogens is 1. The molecule has 2 amide bonds. The zero-order valence-corrected chi connectivity index (χ0v) is 18.3. The van der Waals surface area contributed by atoms with E-state index < -0.39 is 11.9 Å². The van der Waals surface area contributed by atoms with Gasteiger partial charge < -0.3 is 19.8 Å². The predicted octanol–water partition coefficient (Wildman–Crippen LogP) is 4.59. The van der Waals surface area contributed by atoms with Gasteiger partial charge in [-0.15, -0.1) is 0 Å². The van der Waals surface area contributed by atoms with Crippen molar-refractivity contribution in [1.82, 2.24) is 15.3 Å². The van der Waals surface area contributed by atoms with Crippen LogP contribution in [0.1, 0.15) is 22.1 Å². The van der Waals surface area contributed by atoms with Crippen molar-refractivity contribution in [2.75, 3.05) is 11.7 Å². The van der Waals surface area contributed by atoms with Gasteiger partial charge in [-0.05, 0) is 30.3 Å². The molecule has 0 radical (unpaired) electrons. The summed E-state index contributed by atoms with van der Waals surface area (Å²) in [7, 11) is 0. The molecule has 0 saturated carbocycles. The second kappa shape index (κ2) is 7.33. The Labute approximate surface area is 199 Å². The van der Waals surface area contributed by atoms with E-state index in [1.165, 1.54) is 0 Å². The maximum Gasteiger partial charge on any atom is 0.270 e. The van der Waals surface area contributed by atoms with Gasteiger partial charge in [-0.2, -0.15) is 0 Å². The summed E-state index contributed by atoms with van der Waals surface area (Å²) < 4.78 is 11.1. The molecule has 35 heavy (non-hydrogen) atoms. The Hall–Kier alpha value is -4.85. The Morgan fingerprint density at radius 2 is 1.71 bits per heavy atom. The molecule has 0 bridgehead atoms. The van der Waals surface area contributed by atoms with Gasteiger partial charge in [0.05, 0.1) is 17.4 Å². The Bertz CT molecular complexity index is 1660. The van der Waals surface area contributed by atoms with Gasteiger partial charge in [0.1, 0.15) is 11.7 Å². The molecule has 0 spiro atoms. The summed E-state index contributed by atoms with van der Waals surface area (Å²) in [5.41, 5.74) is 4.04. The van der Waals surface area contributed by atoms with E-state index in [0.29, 0.717) is 28.4 Å². The van der Waals surface area contributed by atoms with Gasteiger partial charge in [0.15, 0.2) is 11.5 Å². The maximum absolute atomic E-state index is 13.6. The molecule has 2 aliphatic rings. The number of para-hydroxylation sites is 2. The summed E-state index contributed by atoms with van der Waals surface area (Å²) in [6.07, 6.45) is 1.64. The fraction of sp³-hybridized carbons (Fsp3) is 0.0741. The van der Waals surface area contributed by atoms with Crippen LogP contribution in [0.25, 0.3) is 21.8 Å². The van der Waals surface area contributed by atoms with E-state index in [4.69, 9.17) is 9.47 Å². The van der Waals surface area contributed by atoms with Gasteiger partial charge in [0.25, 0.3) is 11.8 Å². The molecule has 2 aliphatic heterocycles. The Kier molecular flexibility index (Phi) is 4.10. The molecule has 3 aromatic carbocycles. The van der Waals surface area contributed by atoms with Gasteiger partial charge in [-0.1, -0.05) is 36.4 Å². The quantitative estimate of drug-likeness (QED) is 0.409. The van der Waals surface area contributed by atoms with Crippen LogP contribution < -0.4 is 19.7 Å². The van der Waals surface area contributed by atoms with Crippen LogP contribution in [-0.4, -0.2) is 28.6 Å². The molecular formula is C27H18N4O4. The van der Waals surface area contributed by atoms with Crippen LogP contribution in [0.4, 0.5) is 11.4 Å². The number of rotatable bonds is 3. The normalized spacial score (nSPS) is 16.2. The highest BCUT2D eigenvalue weighted by Gasteiger charge is 2.41. The van der Waals surface area contributed by atoms with Crippen LogP contribution in [0.15, 0.2) is 79.0 Å². The number of benzene rings is 3. The van der Waals surface area contributed by atoms with Crippen molar-refractivity contribution in [2.45, 2.75) is 6.04 Å². The summed E-state index contributed by atoms with van der Waals surface area (Å²) in [5.74, 6) is 0.408. The first kappa shape index (κ1) is 19.6. The first-order chi connectivity index (χ1) is 17.2. The number of nitrogens with one attached hydrogen (secondary N) is 2. The second-order valence-corrected chi connectivity index (χ2v) is 8.47. The average Bonchev–Trinajstić information content (AvgIpc) is 3.57. The van der Waals surface area contributed by atoms with Crippen LogP contribution in [0, 0.1) is 0 Å². The molecule has 1 unspecified atom stereocenters. The van der Waals surface area contributed by atoms with E-state index in [1.807, 2.05) is 54.6 Å². The monoisotopic (exact) mass is 462 g/mol. The number of amides is 2. The number of nitrogens with zero attached hydrogens (tertiary/aromatic N) is 2. The van der Waals surface area contributed by atoms with E-state index in [0.717, 1.165) is 21.8 Å². The first-order valence-corrected chi connectivity index (χ1v) is 11.2. The minimum Gasteiger partial charge on any atom is -0.454 e. The second-order valence-electron chi connectivity index (χ2n) is 8.47. The third-order valence-corrected chi connectivity index (χ3v) is 6.45. The number of pyridine rings is 1. The van der Waals surface area contributed by atoms with Crippen molar-refractivity contribution in [2.24, 2.45) is 0 Å². The van der Waals surface area contributed by atoms with Gasteiger partial charge >= 0.3 is 0 Å². The van der Waals surface area contributed by atoms with Crippen molar-refractivity contribution >= 4 is 45.0 Å². The topological polar surface area (TPSA) is 96.6 Å². The van der Waals surface area contributed by atoms with E-state index in [-0.39, 0.29) is 18.4 Å². The fourth-order valence-corrected chi connectivity index (χ4v) is 4.81. The number of anilines is 2. The molecule has 0 saturated heterocycles. The molecule has 170 valence electrons. The number of hydrogen-bond donors (Lipinski definition) is 2. The summed E-state index contributed by atoms with van der Waals surface area (Å²) in [5, 5.41) is 4.80. The van der Waals surface area contributed by atoms with E-state index >= 15 is 0 Å². The predicted molar refractivity (Wildman–Crippen MR) is 130 cm³/mol. The molecule has 8 heteroatoms. The molecule has 1 atom stereocenters. The highest BCUT2D eigenvalue weighted by atomic mass is 16.7. The molecule has 7 rings (SSSR count). The van der Waals surface area contributed by atoms with Crippen LogP contribution in [0.3, 0.4) is 0 Å². The van der Waals surface area contributed by atoms with Crippen molar-refractivity contribution in [3.63, 3.8) is 0 Å². The lowest BCUT2D eigenvalue weighted by Gasteiger charge is -2.18. The molecule has 0 fully saturated rings. The lowest BCUT2D eigenvalue weighted by atomic mass is 10.1. The minimum atomic E-state index is -0.896. The van der Waals surface area contributed by atoms with E-state index in [1.54, 1.807) is 29.3 Å². The third-order valence-electron chi connectivity index (χ3n) is 6.45. The summed E-state index contributed by atoms with van der Waals surface area (Å²) in [4.78, 5) is 36.2. The zero-order chi connectivity index (χ0) is 23.5. The lowest BCUT2D eigenvalue weighted by Crippen LogP contribution is -2.36. The molecule has 2 aromatic heterocycles. The van der Waals surface area contributed by atoms with Crippen molar-refractivity contribution in [3.8, 4) is 11.5 Å². The van der Waals surface area contributed by atoms with E-state index in [9.17, 15) is 9.59 Å². The van der Waals surface area contributed by atoms with Gasteiger partial charge in [0.2, 0.25) is 6.79 Å². The molecule has 2 N–H and O–H groups in total. The van der Waals surface area contributed by atoms with Crippen LogP contribution in [0.5, 0.6) is 11.5 Å². The van der Waals surface area contributed by atoms with Gasteiger partial charge in [0, 0.05) is 33.6 Å². The van der Waals surface area contributed by atoms with E-state index in [2.05, 4.69) is 15.3 Å². The Morgan fingerprint density at radius 1 is 0.943 bits per heavy atom. The van der Waals surface area contributed by atoms with Crippen LogP contribution >= 0.6 is 0 Å². The lowest BCUT2D eigenvalue weighted by molar-refractivity contribution is -0.119. The Balaban J connectivity index is 1.28. The molecule has 5 aromatic rings.